The van der Waals surface area contributed by atoms with Crippen LogP contribution >= 0.6 is 0 Å². The molecule has 6 heteroatoms. The lowest BCUT2D eigenvalue weighted by molar-refractivity contribution is -0.133. The fraction of sp³-hybridized carbons (Fsp3) is 0.318. The van der Waals surface area contributed by atoms with E-state index in [1.165, 1.54) is 0 Å². The lowest BCUT2D eigenvalue weighted by Gasteiger charge is -2.29. The highest BCUT2D eigenvalue weighted by atomic mass is 16.5. The van der Waals surface area contributed by atoms with Gasteiger partial charge in [0.05, 0.1) is 26.1 Å². The molecule has 2 aromatic rings. The number of ketones is 2. The van der Waals surface area contributed by atoms with Gasteiger partial charge in [-0.3, -0.25) is 14.4 Å². The van der Waals surface area contributed by atoms with Crippen LogP contribution in [0.2, 0.25) is 0 Å². The van der Waals surface area contributed by atoms with Crippen molar-refractivity contribution >= 4 is 17.5 Å². The van der Waals surface area contributed by atoms with Crippen molar-refractivity contribution in [3.63, 3.8) is 0 Å². The van der Waals surface area contributed by atoms with Gasteiger partial charge in [0, 0.05) is 17.5 Å². The van der Waals surface area contributed by atoms with E-state index in [0.29, 0.717) is 37.3 Å². The van der Waals surface area contributed by atoms with Crippen molar-refractivity contribution < 1.29 is 23.9 Å². The summed E-state index contributed by atoms with van der Waals surface area (Å²) in [6, 6.07) is 12.5. The van der Waals surface area contributed by atoms with Gasteiger partial charge in [0.1, 0.15) is 23.9 Å². The predicted octanol–water partition coefficient (Wildman–Crippen LogP) is 2.92. The van der Waals surface area contributed by atoms with E-state index in [4.69, 9.17) is 9.47 Å². The van der Waals surface area contributed by atoms with Gasteiger partial charge >= 0.3 is 0 Å². The molecule has 0 saturated heterocycles. The normalized spacial score (nSPS) is 19.0. The molecule has 0 N–H and O–H groups in total. The molecule has 28 heavy (non-hydrogen) atoms. The zero-order valence-electron chi connectivity index (χ0n) is 15.6. The Morgan fingerprint density at radius 2 is 1.93 bits per heavy atom. The Bertz CT molecular complexity index is 952. The van der Waals surface area contributed by atoms with Crippen molar-refractivity contribution in [1.29, 1.82) is 0 Å². The third-order valence-corrected chi connectivity index (χ3v) is 5.30. The molecule has 2 aromatic carbocycles. The van der Waals surface area contributed by atoms with Crippen molar-refractivity contribution in [2.45, 2.75) is 38.5 Å². The molecule has 1 saturated carbocycles. The average Bonchev–Trinajstić information content (AvgIpc) is 3.04. The van der Waals surface area contributed by atoms with Gasteiger partial charge in [0.25, 0.3) is 5.91 Å². The van der Waals surface area contributed by atoms with Crippen LogP contribution in [0.4, 0.5) is 0 Å². The first kappa shape index (κ1) is 18.2. The monoisotopic (exact) mass is 379 g/mol. The maximum Gasteiger partial charge on any atom is 0.255 e. The van der Waals surface area contributed by atoms with Crippen molar-refractivity contribution in [3.05, 3.63) is 59.2 Å². The second kappa shape index (κ2) is 7.46. The summed E-state index contributed by atoms with van der Waals surface area (Å²) in [5.41, 5.74) is 2.31. The van der Waals surface area contributed by atoms with Crippen LogP contribution in [-0.4, -0.2) is 35.5 Å². The average molecular weight is 379 g/mol. The topological polar surface area (TPSA) is 72.9 Å². The summed E-state index contributed by atoms with van der Waals surface area (Å²) in [4.78, 5) is 38.2. The van der Waals surface area contributed by atoms with Crippen LogP contribution in [0.5, 0.6) is 11.5 Å². The van der Waals surface area contributed by atoms with E-state index >= 15 is 0 Å². The fourth-order valence-electron chi connectivity index (χ4n) is 3.83. The van der Waals surface area contributed by atoms with Crippen molar-refractivity contribution in [2.75, 3.05) is 7.11 Å². The van der Waals surface area contributed by atoms with Crippen molar-refractivity contribution in [2.24, 2.45) is 0 Å². The second-order valence-electron chi connectivity index (χ2n) is 7.09. The molecule has 1 heterocycles. The Kier molecular flexibility index (Phi) is 4.86. The SMILES string of the molecule is COc1cccc(COc2cccc3c2CN(C2CCC(=O)CC2=O)C3=O)c1. The van der Waals surface area contributed by atoms with E-state index in [9.17, 15) is 14.4 Å². The molecular formula is C22H21NO5. The van der Waals surface area contributed by atoms with Crippen LogP contribution in [0.3, 0.4) is 0 Å². The summed E-state index contributed by atoms with van der Waals surface area (Å²) >= 11 is 0. The zero-order chi connectivity index (χ0) is 19.7. The van der Waals surface area contributed by atoms with Crippen molar-refractivity contribution in [1.82, 2.24) is 4.90 Å². The number of hydrogen-bond donors (Lipinski definition) is 0. The van der Waals surface area contributed by atoms with Crippen molar-refractivity contribution in [3.8, 4) is 11.5 Å². The molecular weight excluding hydrogens is 358 g/mol. The third kappa shape index (κ3) is 3.38. The standard InChI is InChI=1S/C22H21NO5/c1-27-16-5-2-4-14(10-16)13-28-21-7-3-6-17-18(21)12-23(22(17)26)19-9-8-15(24)11-20(19)25/h2-7,10,19H,8-9,11-13H2,1H3. The third-order valence-electron chi connectivity index (χ3n) is 5.30. The van der Waals surface area contributed by atoms with Gasteiger partial charge in [0.15, 0.2) is 5.78 Å². The minimum Gasteiger partial charge on any atom is -0.497 e. The fourth-order valence-corrected chi connectivity index (χ4v) is 3.83. The number of nitrogens with zero attached hydrogens (tertiary/aromatic N) is 1. The molecule has 0 bridgehead atoms. The van der Waals surface area contributed by atoms with Crippen LogP contribution in [0, 0.1) is 0 Å². The molecule has 1 aliphatic carbocycles. The number of carbonyl (C=O) groups excluding carboxylic acids is 3. The minimum atomic E-state index is -0.524. The molecule has 0 radical (unpaired) electrons. The molecule has 6 nitrogen and oxygen atoms in total. The first-order valence-corrected chi connectivity index (χ1v) is 9.30. The number of carbonyl (C=O) groups is 3. The van der Waals surface area contributed by atoms with Crippen LogP contribution in [0.1, 0.15) is 40.7 Å². The quantitative estimate of drug-likeness (QED) is 0.747. The van der Waals surface area contributed by atoms with Gasteiger partial charge < -0.3 is 14.4 Å². The lowest BCUT2D eigenvalue weighted by atomic mass is 9.92. The van der Waals surface area contributed by atoms with E-state index in [2.05, 4.69) is 0 Å². The van der Waals surface area contributed by atoms with Gasteiger partial charge in [-0.1, -0.05) is 18.2 Å². The Morgan fingerprint density at radius 3 is 2.71 bits per heavy atom. The lowest BCUT2D eigenvalue weighted by Crippen LogP contribution is -2.44. The Labute approximate surface area is 163 Å². The van der Waals surface area contributed by atoms with E-state index in [1.807, 2.05) is 30.3 Å². The van der Waals surface area contributed by atoms with Gasteiger partial charge in [0.2, 0.25) is 0 Å². The number of benzene rings is 2. The summed E-state index contributed by atoms with van der Waals surface area (Å²) < 4.78 is 11.2. The summed E-state index contributed by atoms with van der Waals surface area (Å²) in [5.74, 6) is 1.00. The van der Waals surface area contributed by atoms with E-state index in [0.717, 1.165) is 16.9 Å². The molecule has 1 aliphatic heterocycles. The van der Waals surface area contributed by atoms with Gasteiger partial charge in [-0.15, -0.1) is 0 Å². The van der Waals surface area contributed by atoms with E-state index in [1.54, 1.807) is 24.1 Å². The van der Waals surface area contributed by atoms with Crippen LogP contribution < -0.4 is 9.47 Å². The highest BCUT2D eigenvalue weighted by Crippen LogP contribution is 2.34. The highest BCUT2D eigenvalue weighted by molar-refractivity contribution is 6.07. The first-order valence-electron chi connectivity index (χ1n) is 9.30. The van der Waals surface area contributed by atoms with Gasteiger partial charge in [-0.2, -0.15) is 0 Å². The molecule has 0 aromatic heterocycles. The largest absolute Gasteiger partial charge is 0.497 e. The summed E-state index contributed by atoms with van der Waals surface area (Å²) in [6.07, 6.45) is 0.664. The number of ether oxygens (including phenoxy) is 2. The maximum absolute atomic E-state index is 12.8. The van der Waals surface area contributed by atoms with Crippen LogP contribution in [0.25, 0.3) is 0 Å². The zero-order valence-corrected chi connectivity index (χ0v) is 15.6. The molecule has 4 rings (SSSR count). The second-order valence-corrected chi connectivity index (χ2v) is 7.09. The highest BCUT2D eigenvalue weighted by Gasteiger charge is 2.39. The number of Topliss-reactive ketones (excluding diaryl/α,β-unsaturated/α-hetero) is 2. The Morgan fingerprint density at radius 1 is 1.11 bits per heavy atom. The maximum atomic E-state index is 12.8. The molecule has 1 amide bonds. The molecule has 2 aliphatic rings. The number of hydrogen-bond acceptors (Lipinski definition) is 5. The number of amides is 1. The molecule has 1 unspecified atom stereocenters. The van der Waals surface area contributed by atoms with Gasteiger partial charge in [-0.05, 0) is 36.2 Å². The molecule has 1 fully saturated rings. The Hall–Kier alpha value is -3.15. The molecule has 0 spiro atoms. The smallest absolute Gasteiger partial charge is 0.255 e. The predicted molar refractivity (Wildman–Crippen MR) is 101 cm³/mol. The number of fused-ring (bicyclic) bond motifs is 1. The molecule has 144 valence electrons. The summed E-state index contributed by atoms with van der Waals surface area (Å²) in [7, 11) is 1.62. The van der Waals surface area contributed by atoms with Gasteiger partial charge in [-0.25, -0.2) is 0 Å². The molecule has 1 atom stereocenters. The minimum absolute atomic E-state index is 0.0484. The van der Waals surface area contributed by atoms with E-state index in [-0.39, 0.29) is 23.9 Å². The number of methoxy groups -OCH3 is 1. The Balaban J connectivity index is 1.52. The van der Waals surface area contributed by atoms with E-state index < -0.39 is 6.04 Å². The number of rotatable bonds is 5. The van der Waals surface area contributed by atoms with Crippen LogP contribution in [-0.2, 0) is 22.7 Å². The first-order chi connectivity index (χ1) is 13.6. The summed E-state index contributed by atoms with van der Waals surface area (Å²) in [5, 5.41) is 0. The summed E-state index contributed by atoms with van der Waals surface area (Å²) in [6.45, 7) is 0.672. The van der Waals surface area contributed by atoms with Crippen LogP contribution in [0.15, 0.2) is 42.5 Å².